The zero-order chi connectivity index (χ0) is 26.0. The van der Waals surface area contributed by atoms with Crippen LogP contribution in [0.4, 0.5) is 11.4 Å². The Kier molecular flexibility index (Phi) is 6.79. The van der Waals surface area contributed by atoms with Gasteiger partial charge in [-0.15, -0.1) is 21.6 Å². The van der Waals surface area contributed by atoms with Crippen molar-refractivity contribution in [3.8, 4) is 5.88 Å². The van der Waals surface area contributed by atoms with Gasteiger partial charge in [-0.25, -0.2) is 8.42 Å². The van der Waals surface area contributed by atoms with Crippen molar-refractivity contribution in [1.29, 1.82) is 0 Å². The van der Waals surface area contributed by atoms with Gasteiger partial charge < -0.3 is 9.67 Å². The Morgan fingerprint density at radius 1 is 0.973 bits per heavy atom. The van der Waals surface area contributed by atoms with Gasteiger partial charge in [0.1, 0.15) is 4.21 Å². The summed E-state index contributed by atoms with van der Waals surface area (Å²) in [5.41, 5.74) is 2.21. The number of hydrogen-bond acceptors (Lipinski definition) is 6. The number of aromatic nitrogens is 1. The number of rotatable bonds is 7. The number of fused-ring (bicyclic) bond motifs is 1. The molecule has 0 aliphatic heterocycles. The smallest absolute Gasteiger partial charge is 0.295 e. The Labute approximate surface area is 221 Å². The lowest BCUT2D eigenvalue weighted by Crippen LogP contribution is -2.11. The largest absolute Gasteiger partial charge is 0.493 e. The van der Waals surface area contributed by atoms with Gasteiger partial charge in [0.15, 0.2) is 5.69 Å². The minimum Gasteiger partial charge on any atom is -0.493 e. The minimum atomic E-state index is -3.69. The molecule has 0 aliphatic carbocycles. The number of amides is 1. The van der Waals surface area contributed by atoms with Gasteiger partial charge in [-0.05, 0) is 53.4 Å². The van der Waals surface area contributed by atoms with Crippen molar-refractivity contribution in [3.63, 3.8) is 0 Å². The Bertz CT molecular complexity index is 1730. The number of para-hydroxylation sites is 1. The highest BCUT2D eigenvalue weighted by atomic mass is 35.5. The standard InChI is InChI=1S/C26H19ClN4O4S2/c27-21-8-3-1-6-18(21)16-31-22-9-4-2-7-20(22)24(26(31)33)28-29-25(32)17-11-13-19(14-12-17)30-37(34,35)23-10-5-15-36-23/h1-15,30,33H,16H2. The topological polar surface area (TPSA) is 113 Å². The molecule has 3 aromatic carbocycles. The molecule has 2 N–H and O–H groups in total. The fourth-order valence-corrected chi connectivity index (χ4v) is 6.03. The van der Waals surface area contributed by atoms with Crippen LogP contribution in [0, 0.1) is 0 Å². The number of benzene rings is 3. The normalized spacial score (nSPS) is 11.8. The van der Waals surface area contributed by atoms with Gasteiger partial charge >= 0.3 is 0 Å². The van der Waals surface area contributed by atoms with E-state index in [-0.39, 0.29) is 21.3 Å². The number of anilines is 1. The van der Waals surface area contributed by atoms with E-state index in [0.29, 0.717) is 28.2 Å². The summed E-state index contributed by atoms with van der Waals surface area (Å²) in [6.45, 7) is 0.304. The average molecular weight is 551 g/mol. The third kappa shape index (κ3) is 5.12. The molecule has 5 aromatic rings. The molecule has 2 heterocycles. The second kappa shape index (κ2) is 10.2. The fourth-order valence-electron chi connectivity index (χ4n) is 3.78. The Morgan fingerprint density at radius 3 is 2.43 bits per heavy atom. The van der Waals surface area contributed by atoms with Crippen molar-refractivity contribution in [2.75, 3.05) is 4.72 Å². The predicted octanol–water partition coefficient (Wildman–Crippen LogP) is 6.84. The molecule has 0 unspecified atom stereocenters. The maximum absolute atomic E-state index is 12.7. The van der Waals surface area contributed by atoms with Gasteiger partial charge in [0.2, 0.25) is 5.88 Å². The molecular weight excluding hydrogens is 532 g/mol. The quantitative estimate of drug-likeness (QED) is 0.216. The summed E-state index contributed by atoms with van der Waals surface area (Å²) in [6, 6.07) is 23.6. The van der Waals surface area contributed by atoms with E-state index in [2.05, 4.69) is 15.0 Å². The second-order valence-corrected chi connectivity index (χ2v) is 11.3. The Balaban J connectivity index is 1.38. The molecule has 1 amide bonds. The van der Waals surface area contributed by atoms with Gasteiger partial charge in [-0.3, -0.25) is 9.52 Å². The lowest BCUT2D eigenvalue weighted by atomic mass is 10.2. The molecule has 0 saturated heterocycles. The number of azo groups is 1. The van der Waals surface area contributed by atoms with Crippen molar-refractivity contribution in [2.24, 2.45) is 10.2 Å². The van der Waals surface area contributed by atoms with E-state index in [1.54, 1.807) is 34.2 Å². The van der Waals surface area contributed by atoms with E-state index >= 15 is 0 Å². The highest BCUT2D eigenvalue weighted by molar-refractivity contribution is 7.94. The van der Waals surface area contributed by atoms with Crippen LogP contribution in [0.15, 0.2) is 105 Å². The number of hydrogen-bond donors (Lipinski definition) is 2. The summed E-state index contributed by atoms with van der Waals surface area (Å²) < 4.78 is 29.1. The zero-order valence-electron chi connectivity index (χ0n) is 19.1. The molecule has 8 nitrogen and oxygen atoms in total. The number of aromatic hydroxyl groups is 1. The van der Waals surface area contributed by atoms with E-state index in [1.165, 1.54) is 30.3 Å². The van der Waals surface area contributed by atoms with Crippen LogP contribution in [0.3, 0.4) is 0 Å². The summed E-state index contributed by atoms with van der Waals surface area (Å²) in [5.74, 6) is -0.786. The highest BCUT2D eigenvalue weighted by Crippen LogP contribution is 2.39. The van der Waals surface area contributed by atoms with Crippen molar-refractivity contribution >= 4 is 61.1 Å². The van der Waals surface area contributed by atoms with E-state index in [9.17, 15) is 18.3 Å². The molecule has 0 atom stereocenters. The molecular formula is C26H19ClN4O4S2. The third-order valence-corrected chi connectivity index (χ3v) is 8.74. The zero-order valence-corrected chi connectivity index (χ0v) is 21.5. The Hall–Kier alpha value is -3.99. The minimum absolute atomic E-state index is 0.143. The molecule has 2 aromatic heterocycles. The number of carbonyl (C=O) groups is 1. The molecule has 0 fully saturated rings. The Morgan fingerprint density at radius 2 is 1.70 bits per heavy atom. The van der Waals surface area contributed by atoms with Crippen molar-refractivity contribution in [3.05, 3.63) is 106 Å². The van der Waals surface area contributed by atoms with E-state index in [4.69, 9.17) is 11.6 Å². The number of thiophene rings is 1. The van der Waals surface area contributed by atoms with Gasteiger partial charge in [-0.2, -0.15) is 0 Å². The summed E-state index contributed by atoms with van der Waals surface area (Å²) in [7, 11) is -3.69. The van der Waals surface area contributed by atoms with Gasteiger partial charge in [-0.1, -0.05) is 54.1 Å². The molecule has 0 aliphatic rings. The number of nitrogens with one attached hydrogen (secondary N) is 1. The summed E-state index contributed by atoms with van der Waals surface area (Å²) >= 11 is 7.41. The maximum atomic E-state index is 12.7. The van der Waals surface area contributed by atoms with Gasteiger partial charge in [0, 0.05) is 21.7 Å². The van der Waals surface area contributed by atoms with Crippen LogP contribution < -0.4 is 4.72 Å². The first-order chi connectivity index (χ1) is 17.8. The van der Waals surface area contributed by atoms with E-state index in [0.717, 1.165) is 16.9 Å². The summed E-state index contributed by atoms with van der Waals surface area (Å²) in [6.07, 6.45) is 0. The second-order valence-electron chi connectivity index (χ2n) is 7.99. The molecule has 0 radical (unpaired) electrons. The molecule has 186 valence electrons. The van der Waals surface area contributed by atoms with Crippen LogP contribution >= 0.6 is 22.9 Å². The van der Waals surface area contributed by atoms with E-state index < -0.39 is 15.9 Å². The number of nitrogens with zero attached hydrogens (tertiary/aromatic N) is 3. The molecule has 0 bridgehead atoms. The predicted molar refractivity (Wildman–Crippen MR) is 145 cm³/mol. The monoisotopic (exact) mass is 550 g/mol. The first-order valence-corrected chi connectivity index (χ1v) is 13.7. The number of halogens is 1. The fraction of sp³-hybridized carbons (Fsp3) is 0.0385. The number of carbonyl (C=O) groups excluding carboxylic acids is 1. The number of sulfonamides is 1. The van der Waals surface area contributed by atoms with Crippen LogP contribution in [0.5, 0.6) is 5.88 Å². The molecule has 11 heteroatoms. The average Bonchev–Trinajstić information content (AvgIpc) is 3.53. The van der Waals surface area contributed by atoms with Crippen molar-refractivity contribution in [2.45, 2.75) is 10.8 Å². The van der Waals surface area contributed by atoms with Crippen LogP contribution in [0.2, 0.25) is 5.02 Å². The van der Waals surface area contributed by atoms with Crippen LogP contribution in [0.25, 0.3) is 10.9 Å². The van der Waals surface area contributed by atoms with Gasteiger partial charge in [0.05, 0.1) is 12.1 Å². The van der Waals surface area contributed by atoms with Crippen molar-refractivity contribution < 1.29 is 18.3 Å². The summed E-state index contributed by atoms with van der Waals surface area (Å²) in [5, 5.41) is 21.7. The molecule has 0 spiro atoms. The highest BCUT2D eigenvalue weighted by Gasteiger charge is 2.18. The maximum Gasteiger partial charge on any atom is 0.295 e. The van der Waals surface area contributed by atoms with Crippen molar-refractivity contribution in [1.82, 2.24) is 4.57 Å². The van der Waals surface area contributed by atoms with Crippen LogP contribution in [-0.2, 0) is 16.6 Å². The lowest BCUT2D eigenvalue weighted by molar-refractivity contribution is 0.0995. The lowest BCUT2D eigenvalue weighted by Gasteiger charge is -2.08. The van der Waals surface area contributed by atoms with Crippen LogP contribution in [-0.4, -0.2) is 24.0 Å². The first-order valence-electron chi connectivity index (χ1n) is 11.0. The molecule has 0 saturated carbocycles. The third-order valence-electron chi connectivity index (χ3n) is 5.59. The SMILES string of the molecule is O=C(N=Nc1c(O)n(Cc2ccccc2Cl)c2ccccc12)c1ccc(NS(=O)(=O)c2cccs2)cc1. The first kappa shape index (κ1) is 24.7. The van der Waals surface area contributed by atoms with Gasteiger partial charge in [0.25, 0.3) is 15.9 Å². The van der Waals surface area contributed by atoms with Crippen LogP contribution in [0.1, 0.15) is 15.9 Å². The summed E-state index contributed by atoms with van der Waals surface area (Å²) in [4.78, 5) is 12.7. The molecule has 37 heavy (non-hydrogen) atoms. The van der Waals surface area contributed by atoms with E-state index in [1.807, 2.05) is 30.3 Å². The molecule has 5 rings (SSSR count).